The van der Waals surface area contributed by atoms with Crippen LogP contribution in [-0.2, 0) is 0 Å². The van der Waals surface area contributed by atoms with Crippen LogP contribution in [0.25, 0.3) is 11.0 Å². The number of ether oxygens (including phenoxy) is 1. The molecule has 1 aromatic heterocycles. The zero-order valence-electron chi connectivity index (χ0n) is 13.2. The van der Waals surface area contributed by atoms with E-state index in [9.17, 15) is 4.79 Å². The van der Waals surface area contributed by atoms with Gasteiger partial charge in [0.1, 0.15) is 17.6 Å². The highest BCUT2D eigenvalue weighted by Gasteiger charge is 2.18. The summed E-state index contributed by atoms with van der Waals surface area (Å²) in [4.78, 5) is 12.8. The number of hydrogen-bond acceptors (Lipinski definition) is 3. The van der Waals surface area contributed by atoms with Crippen molar-refractivity contribution in [3.05, 3.63) is 64.4 Å². The molecule has 0 amide bonds. The number of fused-ring (bicyclic) bond motifs is 1. The highest BCUT2D eigenvalue weighted by Crippen LogP contribution is 2.28. The van der Waals surface area contributed by atoms with E-state index in [0.29, 0.717) is 11.1 Å². The molecule has 3 heteroatoms. The number of methoxy groups -OCH3 is 1. The number of ketones is 1. The first-order chi connectivity index (χ1) is 10.5. The minimum atomic E-state index is -0.0518. The van der Waals surface area contributed by atoms with Gasteiger partial charge in [0.2, 0.25) is 0 Å². The van der Waals surface area contributed by atoms with Crippen molar-refractivity contribution >= 4 is 16.8 Å². The van der Waals surface area contributed by atoms with E-state index in [0.717, 1.165) is 33.4 Å². The molecule has 0 aliphatic rings. The van der Waals surface area contributed by atoms with Gasteiger partial charge in [0.05, 0.1) is 12.7 Å². The molecule has 0 aliphatic carbocycles. The van der Waals surface area contributed by atoms with Crippen LogP contribution in [-0.4, -0.2) is 12.9 Å². The minimum absolute atomic E-state index is 0.0518. The van der Waals surface area contributed by atoms with Gasteiger partial charge >= 0.3 is 0 Å². The van der Waals surface area contributed by atoms with Crippen LogP contribution in [0, 0.1) is 20.8 Å². The van der Waals surface area contributed by atoms with Crippen LogP contribution in [0.15, 0.2) is 41.0 Å². The summed E-state index contributed by atoms with van der Waals surface area (Å²) < 4.78 is 10.9. The summed E-state index contributed by atoms with van der Waals surface area (Å²) in [5.74, 6) is 0.677. The summed E-state index contributed by atoms with van der Waals surface area (Å²) in [6.45, 7) is 5.96. The van der Waals surface area contributed by atoms with Crippen molar-refractivity contribution in [2.24, 2.45) is 0 Å². The zero-order valence-corrected chi connectivity index (χ0v) is 13.2. The lowest BCUT2D eigenvalue weighted by Crippen LogP contribution is -2.03. The lowest BCUT2D eigenvalue weighted by atomic mass is 9.98. The summed E-state index contributed by atoms with van der Waals surface area (Å²) in [5, 5.41) is 0.841. The largest absolute Gasteiger partial charge is 0.496 e. The third-order valence-electron chi connectivity index (χ3n) is 4.08. The molecular formula is C19H18O3. The van der Waals surface area contributed by atoms with Crippen LogP contribution in [0.3, 0.4) is 0 Å². The molecule has 0 unspecified atom stereocenters. The maximum Gasteiger partial charge on any atom is 0.197 e. The summed E-state index contributed by atoms with van der Waals surface area (Å²) in [5.41, 5.74) is 5.12. The van der Waals surface area contributed by atoms with Crippen LogP contribution in [0.4, 0.5) is 0 Å². The smallest absolute Gasteiger partial charge is 0.197 e. The summed E-state index contributed by atoms with van der Waals surface area (Å²) in [6.07, 6.45) is 1.54. The first kappa shape index (κ1) is 14.4. The summed E-state index contributed by atoms with van der Waals surface area (Å²) >= 11 is 0. The lowest BCUT2D eigenvalue weighted by molar-refractivity contribution is 0.103. The average molecular weight is 294 g/mol. The van der Waals surface area contributed by atoms with Crippen LogP contribution >= 0.6 is 0 Å². The van der Waals surface area contributed by atoms with E-state index in [4.69, 9.17) is 9.15 Å². The van der Waals surface area contributed by atoms with Gasteiger partial charge < -0.3 is 9.15 Å². The van der Waals surface area contributed by atoms with Gasteiger partial charge in [-0.05, 0) is 55.7 Å². The van der Waals surface area contributed by atoms with Crippen molar-refractivity contribution in [1.29, 1.82) is 0 Å². The molecule has 0 spiro atoms. The van der Waals surface area contributed by atoms with Crippen molar-refractivity contribution < 1.29 is 13.9 Å². The normalized spacial score (nSPS) is 10.9. The Balaban J connectivity index is 2.12. The van der Waals surface area contributed by atoms with Crippen molar-refractivity contribution in [2.45, 2.75) is 20.8 Å². The number of aryl methyl sites for hydroxylation is 2. The molecule has 0 N–H and O–H groups in total. The standard InChI is InChI=1S/C19H18O3/c1-11-5-6-15-16(10-22-18(15)7-11)19(20)14-8-12(2)13(3)17(9-14)21-4/h5-10H,1-4H3. The second-order valence-corrected chi connectivity index (χ2v) is 5.60. The van der Waals surface area contributed by atoms with Gasteiger partial charge in [-0.1, -0.05) is 12.1 Å². The lowest BCUT2D eigenvalue weighted by Gasteiger charge is -2.10. The molecule has 0 aliphatic heterocycles. The van der Waals surface area contributed by atoms with E-state index in [1.807, 2.05) is 45.0 Å². The quantitative estimate of drug-likeness (QED) is 0.663. The zero-order chi connectivity index (χ0) is 15.9. The van der Waals surface area contributed by atoms with E-state index in [1.54, 1.807) is 13.2 Å². The highest BCUT2D eigenvalue weighted by molar-refractivity contribution is 6.16. The molecule has 0 atom stereocenters. The fourth-order valence-corrected chi connectivity index (χ4v) is 2.64. The Morgan fingerprint density at radius 3 is 2.59 bits per heavy atom. The van der Waals surface area contributed by atoms with E-state index in [2.05, 4.69) is 0 Å². The predicted octanol–water partition coefficient (Wildman–Crippen LogP) is 4.60. The van der Waals surface area contributed by atoms with Gasteiger partial charge in [0, 0.05) is 10.9 Å². The van der Waals surface area contributed by atoms with Crippen LogP contribution in [0.1, 0.15) is 32.6 Å². The fraction of sp³-hybridized carbons (Fsp3) is 0.211. The molecule has 3 aromatic rings. The average Bonchev–Trinajstić information content (AvgIpc) is 2.91. The van der Waals surface area contributed by atoms with E-state index >= 15 is 0 Å². The Kier molecular flexibility index (Phi) is 3.49. The molecule has 0 radical (unpaired) electrons. The molecular weight excluding hydrogens is 276 g/mol. The van der Waals surface area contributed by atoms with Crippen LogP contribution < -0.4 is 4.74 Å². The predicted molar refractivity (Wildman–Crippen MR) is 86.9 cm³/mol. The molecule has 22 heavy (non-hydrogen) atoms. The monoisotopic (exact) mass is 294 g/mol. The number of rotatable bonds is 3. The first-order valence-electron chi connectivity index (χ1n) is 7.19. The van der Waals surface area contributed by atoms with Gasteiger partial charge in [-0.15, -0.1) is 0 Å². The van der Waals surface area contributed by atoms with Gasteiger partial charge in [-0.25, -0.2) is 0 Å². The third kappa shape index (κ3) is 2.29. The van der Waals surface area contributed by atoms with Crippen molar-refractivity contribution in [2.75, 3.05) is 7.11 Å². The second kappa shape index (κ2) is 5.34. The first-order valence-corrected chi connectivity index (χ1v) is 7.19. The van der Waals surface area contributed by atoms with E-state index in [1.165, 1.54) is 6.26 Å². The molecule has 3 nitrogen and oxygen atoms in total. The number of benzene rings is 2. The van der Waals surface area contributed by atoms with Crippen LogP contribution in [0.5, 0.6) is 5.75 Å². The Labute approximate surface area is 129 Å². The van der Waals surface area contributed by atoms with Crippen molar-refractivity contribution in [3.8, 4) is 5.75 Å². The fourth-order valence-electron chi connectivity index (χ4n) is 2.64. The molecule has 0 bridgehead atoms. The van der Waals surface area contributed by atoms with Crippen LogP contribution in [0.2, 0.25) is 0 Å². The van der Waals surface area contributed by atoms with Gasteiger partial charge in [-0.2, -0.15) is 0 Å². The highest BCUT2D eigenvalue weighted by atomic mass is 16.5. The van der Waals surface area contributed by atoms with E-state index < -0.39 is 0 Å². The Morgan fingerprint density at radius 1 is 1.09 bits per heavy atom. The minimum Gasteiger partial charge on any atom is -0.496 e. The van der Waals surface area contributed by atoms with E-state index in [-0.39, 0.29) is 5.78 Å². The van der Waals surface area contributed by atoms with Gasteiger partial charge in [0.15, 0.2) is 5.78 Å². The Bertz CT molecular complexity index is 872. The summed E-state index contributed by atoms with van der Waals surface area (Å²) in [6, 6.07) is 9.53. The SMILES string of the molecule is COc1cc(C(=O)c2coc3cc(C)ccc23)cc(C)c1C. The van der Waals surface area contributed by atoms with Crippen molar-refractivity contribution in [3.63, 3.8) is 0 Å². The maximum absolute atomic E-state index is 12.8. The maximum atomic E-state index is 12.8. The molecule has 0 saturated heterocycles. The summed E-state index contributed by atoms with van der Waals surface area (Å²) in [7, 11) is 1.62. The molecule has 2 aromatic carbocycles. The number of furan rings is 1. The van der Waals surface area contributed by atoms with Crippen molar-refractivity contribution in [1.82, 2.24) is 0 Å². The molecule has 0 fully saturated rings. The topological polar surface area (TPSA) is 39.4 Å². The Hall–Kier alpha value is -2.55. The van der Waals surface area contributed by atoms with Gasteiger partial charge in [-0.3, -0.25) is 4.79 Å². The molecule has 3 rings (SSSR count). The second-order valence-electron chi connectivity index (χ2n) is 5.60. The van der Waals surface area contributed by atoms with Gasteiger partial charge in [0.25, 0.3) is 0 Å². The number of carbonyl (C=O) groups excluding carboxylic acids is 1. The number of hydrogen-bond donors (Lipinski definition) is 0. The molecule has 1 heterocycles. The molecule has 0 saturated carbocycles. The third-order valence-corrected chi connectivity index (χ3v) is 4.08. The number of carbonyl (C=O) groups is 1. The Morgan fingerprint density at radius 2 is 1.86 bits per heavy atom. The molecule has 112 valence electrons.